The van der Waals surface area contributed by atoms with Crippen LogP contribution in [0.5, 0.6) is 5.75 Å². The standard InChI is InChI=1S/C24H30N2O3/c27-21(17-29-22-8-4-7-20-9-10-23(28)25-24(20)22)16-26-13-11-19(12-14-26)15-18-5-2-1-3-6-18/h1-8,19,21,27H,9-17H2,(H,25,28). The molecule has 2 N–H and O–H groups in total. The van der Waals surface area contributed by atoms with Crippen LogP contribution in [0.3, 0.4) is 0 Å². The van der Waals surface area contributed by atoms with Crippen LogP contribution >= 0.6 is 0 Å². The van der Waals surface area contributed by atoms with Crippen LogP contribution in [0.15, 0.2) is 48.5 Å². The van der Waals surface area contributed by atoms with Gasteiger partial charge in [-0.05, 0) is 61.9 Å². The van der Waals surface area contributed by atoms with Gasteiger partial charge < -0.3 is 20.1 Å². The molecule has 1 fully saturated rings. The molecule has 2 aromatic carbocycles. The number of anilines is 1. The molecule has 0 saturated carbocycles. The number of para-hydroxylation sites is 1. The Labute approximate surface area is 172 Å². The minimum absolute atomic E-state index is 0.0208. The lowest BCUT2D eigenvalue weighted by Crippen LogP contribution is -2.41. The van der Waals surface area contributed by atoms with Crippen molar-refractivity contribution < 1.29 is 14.6 Å². The number of aryl methyl sites for hydroxylation is 1. The predicted molar refractivity (Wildman–Crippen MR) is 114 cm³/mol. The van der Waals surface area contributed by atoms with Crippen LogP contribution < -0.4 is 10.1 Å². The van der Waals surface area contributed by atoms with Gasteiger partial charge in [0.1, 0.15) is 18.5 Å². The molecular weight excluding hydrogens is 364 g/mol. The fourth-order valence-corrected chi connectivity index (χ4v) is 4.35. The number of aliphatic hydroxyl groups is 1. The molecular formula is C24H30N2O3. The Morgan fingerprint density at radius 3 is 2.66 bits per heavy atom. The van der Waals surface area contributed by atoms with Crippen LogP contribution in [0.1, 0.15) is 30.4 Å². The molecule has 5 heteroatoms. The highest BCUT2D eigenvalue weighted by Gasteiger charge is 2.22. The molecule has 29 heavy (non-hydrogen) atoms. The molecule has 4 rings (SSSR count). The van der Waals surface area contributed by atoms with Gasteiger partial charge in [-0.3, -0.25) is 4.79 Å². The van der Waals surface area contributed by atoms with Crippen molar-refractivity contribution in [2.24, 2.45) is 5.92 Å². The molecule has 0 bridgehead atoms. The van der Waals surface area contributed by atoms with Gasteiger partial charge in [0.2, 0.25) is 5.91 Å². The minimum Gasteiger partial charge on any atom is -0.489 e. The zero-order valence-electron chi connectivity index (χ0n) is 16.8. The number of fused-ring (bicyclic) bond motifs is 1. The number of β-amino-alcohol motifs (C(OH)–C–C–N with tert-alkyl or cyclic N) is 1. The van der Waals surface area contributed by atoms with Gasteiger partial charge in [0.15, 0.2) is 0 Å². The second-order valence-corrected chi connectivity index (χ2v) is 8.24. The molecule has 2 heterocycles. The number of amides is 1. The summed E-state index contributed by atoms with van der Waals surface area (Å²) < 4.78 is 5.86. The summed E-state index contributed by atoms with van der Waals surface area (Å²) >= 11 is 0. The Bertz CT molecular complexity index is 816. The van der Waals surface area contributed by atoms with Gasteiger partial charge in [-0.1, -0.05) is 42.5 Å². The van der Waals surface area contributed by atoms with E-state index >= 15 is 0 Å². The number of aliphatic hydroxyl groups excluding tert-OH is 1. The monoisotopic (exact) mass is 394 g/mol. The first-order valence-electron chi connectivity index (χ1n) is 10.7. The topological polar surface area (TPSA) is 61.8 Å². The third-order valence-electron chi connectivity index (χ3n) is 5.97. The van der Waals surface area contributed by atoms with E-state index in [0.29, 0.717) is 18.7 Å². The van der Waals surface area contributed by atoms with Crippen molar-refractivity contribution in [2.75, 3.05) is 31.6 Å². The molecule has 0 radical (unpaired) electrons. The van der Waals surface area contributed by atoms with Crippen molar-refractivity contribution in [3.8, 4) is 5.75 Å². The Kier molecular flexibility index (Phi) is 6.47. The number of piperidine rings is 1. The summed E-state index contributed by atoms with van der Waals surface area (Å²) in [5, 5.41) is 13.4. The lowest BCUT2D eigenvalue weighted by atomic mass is 9.90. The van der Waals surface area contributed by atoms with Crippen LogP contribution in [-0.4, -0.2) is 48.3 Å². The van der Waals surface area contributed by atoms with Crippen LogP contribution in [0.2, 0.25) is 0 Å². The van der Waals surface area contributed by atoms with E-state index in [2.05, 4.69) is 40.5 Å². The third kappa shape index (κ3) is 5.37. The summed E-state index contributed by atoms with van der Waals surface area (Å²) in [6, 6.07) is 16.5. The quantitative estimate of drug-likeness (QED) is 0.757. The smallest absolute Gasteiger partial charge is 0.224 e. The van der Waals surface area contributed by atoms with E-state index in [4.69, 9.17) is 4.74 Å². The summed E-state index contributed by atoms with van der Waals surface area (Å²) in [5.74, 6) is 1.39. The van der Waals surface area contributed by atoms with E-state index in [-0.39, 0.29) is 12.5 Å². The number of ether oxygens (including phenoxy) is 1. The number of nitrogens with zero attached hydrogens (tertiary/aromatic N) is 1. The Hall–Kier alpha value is -2.37. The summed E-state index contributed by atoms with van der Waals surface area (Å²) in [6.07, 6.45) is 4.18. The van der Waals surface area contributed by atoms with Crippen molar-refractivity contribution in [2.45, 2.75) is 38.2 Å². The van der Waals surface area contributed by atoms with Crippen LogP contribution in [0.4, 0.5) is 5.69 Å². The van der Waals surface area contributed by atoms with Crippen molar-refractivity contribution >= 4 is 11.6 Å². The molecule has 0 spiro atoms. The fraction of sp³-hybridized carbons (Fsp3) is 0.458. The second kappa shape index (κ2) is 9.42. The van der Waals surface area contributed by atoms with Crippen LogP contribution in [0, 0.1) is 5.92 Å². The number of nitrogens with one attached hydrogen (secondary N) is 1. The molecule has 1 amide bonds. The number of benzene rings is 2. The van der Waals surface area contributed by atoms with Crippen molar-refractivity contribution in [3.05, 3.63) is 59.7 Å². The Morgan fingerprint density at radius 1 is 1.07 bits per heavy atom. The van der Waals surface area contributed by atoms with E-state index in [1.54, 1.807) is 0 Å². The highest BCUT2D eigenvalue weighted by Crippen LogP contribution is 2.32. The molecule has 1 unspecified atom stereocenters. The molecule has 2 aliphatic rings. The van der Waals surface area contributed by atoms with Gasteiger partial charge in [0.05, 0.1) is 5.69 Å². The average Bonchev–Trinajstić information content (AvgIpc) is 2.74. The highest BCUT2D eigenvalue weighted by molar-refractivity contribution is 5.95. The largest absolute Gasteiger partial charge is 0.489 e. The third-order valence-corrected chi connectivity index (χ3v) is 5.97. The number of carbonyl (C=O) groups is 1. The molecule has 2 aromatic rings. The second-order valence-electron chi connectivity index (χ2n) is 8.24. The summed E-state index contributed by atoms with van der Waals surface area (Å²) in [7, 11) is 0. The number of hydrogen-bond donors (Lipinski definition) is 2. The van der Waals surface area contributed by atoms with E-state index in [1.165, 1.54) is 18.4 Å². The summed E-state index contributed by atoms with van der Waals surface area (Å²) in [6.45, 7) is 2.90. The maximum absolute atomic E-state index is 11.7. The van der Waals surface area contributed by atoms with Crippen molar-refractivity contribution in [3.63, 3.8) is 0 Å². The van der Waals surface area contributed by atoms with Gasteiger partial charge in [-0.2, -0.15) is 0 Å². The number of rotatable bonds is 7. The van der Waals surface area contributed by atoms with Gasteiger partial charge in [-0.15, -0.1) is 0 Å². The molecule has 5 nitrogen and oxygen atoms in total. The zero-order chi connectivity index (χ0) is 20.1. The normalized spacial score (nSPS) is 18.7. The zero-order valence-corrected chi connectivity index (χ0v) is 16.8. The first kappa shape index (κ1) is 19.9. The molecule has 1 saturated heterocycles. The van der Waals surface area contributed by atoms with Crippen LogP contribution in [-0.2, 0) is 17.6 Å². The average molecular weight is 395 g/mol. The van der Waals surface area contributed by atoms with Crippen LogP contribution in [0.25, 0.3) is 0 Å². The van der Waals surface area contributed by atoms with E-state index < -0.39 is 6.10 Å². The number of carbonyl (C=O) groups excluding carboxylic acids is 1. The van der Waals surface area contributed by atoms with Crippen molar-refractivity contribution in [1.29, 1.82) is 0 Å². The Morgan fingerprint density at radius 2 is 1.86 bits per heavy atom. The highest BCUT2D eigenvalue weighted by atomic mass is 16.5. The number of likely N-dealkylation sites (tertiary alicyclic amines) is 1. The minimum atomic E-state index is -0.546. The van der Waals surface area contributed by atoms with E-state index in [1.807, 2.05) is 18.2 Å². The van der Waals surface area contributed by atoms with E-state index in [0.717, 1.165) is 43.1 Å². The lowest BCUT2D eigenvalue weighted by molar-refractivity contribution is -0.116. The molecule has 0 aromatic heterocycles. The summed E-state index contributed by atoms with van der Waals surface area (Å²) in [5.41, 5.74) is 3.27. The fourth-order valence-electron chi connectivity index (χ4n) is 4.35. The van der Waals surface area contributed by atoms with Gasteiger partial charge >= 0.3 is 0 Å². The SMILES string of the molecule is O=C1CCc2cccc(OCC(O)CN3CCC(Cc4ccccc4)CC3)c2N1. The Balaban J connectivity index is 1.22. The maximum atomic E-state index is 11.7. The van der Waals surface area contributed by atoms with Gasteiger partial charge in [0, 0.05) is 13.0 Å². The maximum Gasteiger partial charge on any atom is 0.224 e. The van der Waals surface area contributed by atoms with E-state index in [9.17, 15) is 9.90 Å². The molecule has 1 atom stereocenters. The molecule has 154 valence electrons. The summed E-state index contributed by atoms with van der Waals surface area (Å²) in [4.78, 5) is 14.0. The van der Waals surface area contributed by atoms with Crippen molar-refractivity contribution in [1.82, 2.24) is 4.90 Å². The first-order valence-corrected chi connectivity index (χ1v) is 10.7. The predicted octanol–water partition coefficient (Wildman–Crippen LogP) is 3.27. The first-order chi connectivity index (χ1) is 14.2. The van der Waals surface area contributed by atoms with Gasteiger partial charge in [-0.25, -0.2) is 0 Å². The lowest BCUT2D eigenvalue weighted by Gasteiger charge is -2.33. The molecule has 0 aliphatic carbocycles. The van der Waals surface area contributed by atoms with Gasteiger partial charge in [0.25, 0.3) is 0 Å². The number of hydrogen-bond acceptors (Lipinski definition) is 4. The molecule has 2 aliphatic heterocycles.